The van der Waals surface area contributed by atoms with E-state index in [1.54, 1.807) is 24.3 Å². The number of rotatable bonds is 8. The molecule has 0 radical (unpaired) electrons. The molecule has 2 rings (SSSR count). The Balaban J connectivity index is 1.96. The zero-order valence-corrected chi connectivity index (χ0v) is 16.7. The Morgan fingerprint density at radius 2 is 1.68 bits per heavy atom. The SMILES string of the molecule is CCOc1ccccc1NC(=O)COC(=O)c1ccc(S(=O)(=O)N(C)C)cc1. The number of benzene rings is 2. The molecule has 0 aromatic heterocycles. The number of nitrogens with one attached hydrogen (secondary N) is 1. The van der Waals surface area contributed by atoms with Crippen LogP contribution in [0, 0.1) is 0 Å². The number of ether oxygens (including phenoxy) is 2. The predicted octanol–water partition coefficient (Wildman–Crippen LogP) is 2.13. The second-order valence-electron chi connectivity index (χ2n) is 5.87. The van der Waals surface area contributed by atoms with Gasteiger partial charge in [0.1, 0.15) is 5.75 Å². The third kappa shape index (κ3) is 5.30. The van der Waals surface area contributed by atoms with Crippen molar-refractivity contribution in [3.63, 3.8) is 0 Å². The minimum absolute atomic E-state index is 0.0549. The summed E-state index contributed by atoms with van der Waals surface area (Å²) in [5.74, 6) is -0.739. The highest BCUT2D eigenvalue weighted by Gasteiger charge is 2.18. The van der Waals surface area contributed by atoms with Crippen LogP contribution in [0.25, 0.3) is 0 Å². The summed E-state index contributed by atoms with van der Waals surface area (Å²) in [6, 6.07) is 12.2. The molecule has 0 saturated heterocycles. The van der Waals surface area contributed by atoms with Crippen LogP contribution in [0.2, 0.25) is 0 Å². The maximum absolute atomic E-state index is 12.1. The molecule has 0 fully saturated rings. The van der Waals surface area contributed by atoms with E-state index >= 15 is 0 Å². The highest BCUT2D eigenvalue weighted by atomic mass is 32.2. The lowest BCUT2D eigenvalue weighted by Gasteiger charge is -2.12. The second kappa shape index (κ2) is 9.34. The molecule has 0 bridgehead atoms. The lowest BCUT2D eigenvalue weighted by molar-refractivity contribution is -0.119. The first-order chi connectivity index (χ1) is 13.3. The first-order valence-corrected chi connectivity index (χ1v) is 9.91. The second-order valence-corrected chi connectivity index (χ2v) is 8.02. The summed E-state index contributed by atoms with van der Waals surface area (Å²) in [5, 5.41) is 2.62. The Hall–Kier alpha value is -2.91. The Morgan fingerprint density at radius 1 is 1.04 bits per heavy atom. The van der Waals surface area contributed by atoms with Crippen LogP contribution in [0.1, 0.15) is 17.3 Å². The van der Waals surface area contributed by atoms with Gasteiger partial charge in [-0.25, -0.2) is 17.5 Å². The Morgan fingerprint density at radius 3 is 2.29 bits per heavy atom. The van der Waals surface area contributed by atoms with Crippen molar-refractivity contribution in [1.82, 2.24) is 4.31 Å². The highest BCUT2D eigenvalue weighted by molar-refractivity contribution is 7.89. The summed E-state index contributed by atoms with van der Waals surface area (Å²) in [7, 11) is -0.750. The third-order valence-corrected chi connectivity index (χ3v) is 5.49. The Labute approximate surface area is 164 Å². The molecule has 0 aliphatic heterocycles. The Kier molecular flexibility index (Phi) is 7.13. The summed E-state index contributed by atoms with van der Waals surface area (Å²) in [6.45, 7) is 1.79. The number of nitrogens with zero attached hydrogens (tertiary/aromatic N) is 1. The van der Waals surface area contributed by atoms with E-state index in [1.165, 1.54) is 38.4 Å². The van der Waals surface area contributed by atoms with Crippen molar-refractivity contribution in [2.75, 3.05) is 32.6 Å². The number of carbonyl (C=O) groups excluding carboxylic acids is 2. The van der Waals surface area contributed by atoms with Gasteiger partial charge in [0.15, 0.2) is 6.61 Å². The van der Waals surface area contributed by atoms with E-state index in [1.807, 2.05) is 6.92 Å². The van der Waals surface area contributed by atoms with E-state index < -0.39 is 28.5 Å². The average Bonchev–Trinajstić information content (AvgIpc) is 2.68. The lowest BCUT2D eigenvalue weighted by Crippen LogP contribution is -2.22. The normalized spacial score (nSPS) is 11.1. The van der Waals surface area contributed by atoms with Crippen molar-refractivity contribution >= 4 is 27.6 Å². The first kappa shape index (κ1) is 21.4. The van der Waals surface area contributed by atoms with Gasteiger partial charge in [-0.1, -0.05) is 12.1 Å². The summed E-state index contributed by atoms with van der Waals surface area (Å²) in [6.07, 6.45) is 0. The van der Waals surface area contributed by atoms with Gasteiger partial charge in [-0.05, 0) is 43.3 Å². The number of hydrogen-bond donors (Lipinski definition) is 1. The maximum atomic E-state index is 12.1. The first-order valence-electron chi connectivity index (χ1n) is 8.47. The van der Waals surface area contributed by atoms with Crippen LogP contribution in [-0.2, 0) is 19.6 Å². The van der Waals surface area contributed by atoms with Gasteiger partial charge < -0.3 is 14.8 Å². The molecular weight excluding hydrogens is 384 g/mol. The fourth-order valence-corrected chi connectivity index (χ4v) is 3.13. The molecule has 2 aromatic rings. The van der Waals surface area contributed by atoms with Crippen molar-refractivity contribution in [2.24, 2.45) is 0 Å². The zero-order chi connectivity index (χ0) is 20.7. The van der Waals surface area contributed by atoms with Crippen molar-refractivity contribution in [3.8, 4) is 5.75 Å². The van der Waals surface area contributed by atoms with Crippen LogP contribution in [0.4, 0.5) is 5.69 Å². The van der Waals surface area contributed by atoms with Crippen molar-refractivity contribution in [2.45, 2.75) is 11.8 Å². The number of para-hydroxylation sites is 2. The topological polar surface area (TPSA) is 102 Å². The van der Waals surface area contributed by atoms with Crippen LogP contribution >= 0.6 is 0 Å². The van der Waals surface area contributed by atoms with Gasteiger partial charge in [0.05, 0.1) is 22.8 Å². The molecule has 0 aliphatic rings. The Bertz CT molecular complexity index is 939. The molecule has 1 amide bonds. The van der Waals surface area contributed by atoms with Gasteiger partial charge in [-0.3, -0.25) is 4.79 Å². The molecule has 0 heterocycles. The van der Waals surface area contributed by atoms with Crippen LogP contribution in [0.5, 0.6) is 5.75 Å². The molecular formula is C19H22N2O6S. The van der Waals surface area contributed by atoms with Gasteiger partial charge in [-0.15, -0.1) is 0 Å². The molecule has 0 spiro atoms. The molecule has 9 heteroatoms. The molecule has 28 heavy (non-hydrogen) atoms. The van der Waals surface area contributed by atoms with Crippen molar-refractivity contribution in [3.05, 3.63) is 54.1 Å². The number of anilines is 1. The van der Waals surface area contributed by atoms with Crippen molar-refractivity contribution < 1.29 is 27.5 Å². The van der Waals surface area contributed by atoms with E-state index in [9.17, 15) is 18.0 Å². The summed E-state index contributed by atoms with van der Waals surface area (Å²) in [4.78, 5) is 24.2. The number of hydrogen-bond acceptors (Lipinski definition) is 6. The highest BCUT2D eigenvalue weighted by Crippen LogP contribution is 2.23. The molecule has 1 N–H and O–H groups in total. The van der Waals surface area contributed by atoms with Crippen LogP contribution < -0.4 is 10.1 Å². The molecule has 2 aromatic carbocycles. The van der Waals surface area contributed by atoms with Crippen LogP contribution in [-0.4, -0.2) is 51.9 Å². The van der Waals surface area contributed by atoms with Gasteiger partial charge in [-0.2, -0.15) is 0 Å². The minimum Gasteiger partial charge on any atom is -0.492 e. The van der Waals surface area contributed by atoms with Gasteiger partial charge >= 0.3 is 5.97 Å². The molecule has 150 valence electrons. The number of amides is 1. The fourth-order valence-electron chi connectivity index (χ4n) is 2.23. The van der Waals surface area contributed by atoms with E-state index in [4.69, 9.17) is 9.47 Å². The number of sulfonamides is 1. The zero-order valence-electron chi connectivity index (χ0n) is 15.8. The molecule has 8 nitrogen and oxygen atoms in total. The van der Waals surface area contributed by atoms with Gasteiger partial charge in [0.25, 0.3) is 5.91 Å². The molecule has 0 atom stereocenters. The number of esters is 1. The van der Waals surface area contributed by atoms with Gasteiger partial charge in [0.2, 0.25) is 10.0 Å². The summed E-state index contributed by atoms with van der Waals surface area (Å²) < 4.78 is 35.5. The van der Waals surface area contributed by atoms with Crippen LogP contribution in [0.15, 0.2) is 53.4 Å². The van der Waals surface area contributed by atoms with E-state index in [-0.39, 0.29) is 10.5 Å². The standard InChI is InChI=1S/C19H22N2O6S/c1-4-26-17-8-6-5-7-16(17)20-18(22)13-27-19(23)14-9-11-15(12-10-14)28(24,25)21(2)3/h5-12H,4,13H2,1-3H3,(H,20,22). The fraction of sp³-hybridized carbons (Fsp3) is 0.263. The average molecular weight is 406 g/mol. The minimum atomic E-state index is -3.58. The lowest BCUT2D eigenvalue weighted by atomic mass is 10.2. The summed E-state index contributed by atoms with van der Waals surface area (Å²) in [5.41, 5.74) is 0.615. The summed E-state index contributed by atoms with van der Waals surface area (Å²) >= 11 is 0. The van der Waals surface area contributed by atoms with Crippen LogP contribution in [0.3, 0.4) is 0 Å². The van der Waals surface area contributed by atoms with Crippen molar-refractivity contribution in [1.29, 1.82) is 0 Å². The maximum Gasteiger partial charge on any atom is 0.338 e. The monoisotopic (exact) mass is 406 g/mol. The smallest absolute Gasteiger partial charge is 0.338 e. The largest absolute Gasteiger partial charge is 0.492 e. The van der Waals surface area contributed by atoms with Gasteiger partial charge in [0, 0.05) is 14.1 Å². The van der Waals surface area contributed by atoms with E-state index in [0.29, 0.717) is 18.0 Å². The number of carbonyl (C=O) groups is 2. The van der Waals surface area contributed by atoms with E-state index in [2.05, 4.69) is 5.32 Å². The molecule has 0 saturated carbocycles. The molecule has 0 unspecified atom stereocenters. The third-order valence-electron chi connectivity index (χ3n) is 3.66. The quantitative estimate of drug-likeness (QED) is 0.674. The molecule has 0 aliphatic carbocycles. The predicted molar refractivity (Wildman–Crippen MR) is 104 cm³/mol. The van der Waals surface area contributed by atoms with E-state index in [0.717, 1.165) is 4.31 Å².